The fourth-order valence-electron chi connectivity index (χ4n) is 1.56. The lowest BCUT2D eigenvalue weighted by Gasteiger charge is -2.02. The van der Waals surface area contributed by atoms with Crippen LogP contribution in [-0.2, 0) is 6.54 Å². The van der Waals surface area contributed by atoms with Crippen molar-refractivity contribution < 1.29 is 0 Å². The van der Waals surface area contributed by atoms with E-state index in [2.05, 4.69) is 0 Å². The quantitative estimate of drug-likeness (QED) is 0.729. The number of rotatable bonds is 3. The lowest BCUT2D eigenvalue weighted by atomic mass is 10.3. The SMILES string of the molecule is Cc1sc(=O)n(CCC2CC2)c1C. The van der Waals surface area contributed by atoms with Gasteiger partial charge in [-0.2, -0.15) is 0 Å². The highest BCUT2D eigenvalue weighted by atomic mass is 32.1. The fraction of sp³-hybridized carbons (Fsp3) is 0.700. The summed E-state index contributed by atoms with van der Waals surface area (Å²) in [4.78, 5) is 12.9. The molecule has 0 bridgehead atoms. The van der Waals surface area contributed by atoms with Crippen LogP contribution in [0.2, 0.25) is 0 Å². The van der Waals surface area contributed by atoms with E-state index < -0.39 is 0 Å². The van der Waals surface area contributed by atoms with Gasteiger partial charge in [-0.15, -0.1) is 0 Å². The van der Waals surface area contributed by atoms with E-state index in [0.29, 0.717) is 0 Å². The van der Waals surface area contributed by atoms with Crippen LogP contribution in [0.3, 0.4) is 0 Å². The van der Waals surface area contributed by atoms with Crippen molar-refractivity contribution in [3.05, 3.63) is 20.2 Å². The van der Waals surface area contributed by atoms with Gasteiger partial charge in [0.05, 0.1) is 0 Å². The van der Waals surface area contributed by atoms with Crippen molar-refractivity contribution in [3.63, 3.8) is 0 Å². The normalized spacial score (nSPS) is 16.5. The Labute approximate surface area is 82.2 Å². The highest BCUT2D eigenvalue weighted by Gasteiger charge is 2.21. The molecule has 0 aliphatic heterocycles. The zero-order chi connectivity index (χ0) is 9.42. The second kappa shape index (κ2) is 3.29. The molecule has 72 valence electrons. The molecule has 1 saturated carbocycles. The second-order valence-electron chi connectivity index (χ2n) is 3.89. The summed E-state index contributed by atoms with van der Waals surface area (Å²) >= 11 is 1.38. The number of hydrogen-bond donors (Lipinski definition) is 0. The Bertz CT molecular complexity index is 359. The van der Waals surface area contributed by atoms with Gasteiger partial charge >= 0.3 is 4.87 Å². The van der Waals surface area contributed by atoms with E-state index in [1.165, 1.54) is 35.5 Å². The summed E-state index contributed by atoms with van der Waals surface area (Å²) in [5, 5.41) is 0. The molecule has 3 heteroatoms. The number of nitrogens with zero attached hydrogens (tertiary/aromatic N) is 1. The van der Waals surface area contributed by atoms with E-state index in [4.69, 9.17) is 0 Å². The highest BCUT2D eigenvalue weighted by molar-refractivity contribution is 7.09. The fourth-order valence-corrected chi connectivity index (χ4v) is 2.42. The molecule has 2 rings (SSSR count). The Balaban J connectivity index is 2.12. The summed E-state index contributed by atoms with van der Waals surface area (Å²) < 4.78 is 1.93. The third-order valence-electron chi connectivity index (χ3n) is 2.83. The van der Waals surface area contributed by atoms with Crippen molar-refractivity contribution in [1.82, 2.24) is 4.57 Å². The zero-order valence-corrected chi connectivity index (χ0v) is 8.99. The summed E-state index contributed by atoms with van der Waals surface area (Å²) in [7, 11) is 0. The van der Waals surface area contributed by atoms with Crippen LogP contribution in [0.5, 0.6) is 0 Å². The van der Waals surface area contributed by atoms with E-state index in [9.17, 15) is 4.79 Å². The lowest BCUT2D eigenvalue weighted by molar-refractivity contribution is 0.579. The molecule has 1 aromatic rings. The van der Waals surface area contributed by atoms with Gasteiger partial charge in [0.25, 0.3) is 0 Å². The van der Waals surface area contributed by atoms with Crippen LogP contribution >= 0.6 is 11.3 Å². The Morgan fingerprint density at radius 1 is 1.46 bits per heavy atom. The van der Waals surface area contributed by atoms with Crippen LogP contribution in [0.15, 0.2) is 4.79 Å². The minimum Gasteiger partial charge on any atom is -0.303 e. The highest BCUT2D eigenvalue weighted by Crippen LogP contribution is 2.32. The molecule has 0 radical (unpaired) electrons. The first kappa shape index (κ1) is 9.00. The largest absolute Gasteiger partial charge is 0.307 e. The van der Waals surface area contributed by atoms with Crippen molar-refractivity contribution in [2.45, 2.75) is 39.7 Å². The average molecular weight is 197 g/mol. The molecule has 0 N–H and O–H groups in total. The summed E-state index contributed by atoms with van der Waals surface area (Å²) in [6.45, 7) is 4.99. The third kappa shape index (κ3) is 1.85. The Hall–Kier alpha value is -0.570. The molecular weight excluding hydrogens is 182 g/mol. The molecule has 13 heavy (non-hydrogen) atoms. The predicted octanol–water partition coefficient (Wildman–Crippen LogP) is 2.33. The first-order chi connectivity index (χ1) is 6.18. The maximum absolute atomic E-state index is 11.5. The Morgan fingerprint density at radius 3 is 2.62 bits per heavy atom. The molecule has 2 nitrogen and oxygen atoms in total. The average Bonchev–Trinajstić information content (AvgIpc) is 2.84. The third-order valence-corrected chi connectivity index (χ3v) is 3.83. The minimum atomic E-state index is 0.218. The van der Waals surface area contributed by atoms with Crippen molar-refractivity contribution in [3.8, 4) is 0 Å². The smallest absolute Gasteiger partial charge is 0.303 e. The van der Waals surface area contributed by atoms with Gasteiger partial charge in [0.2, 0.25) is 0 Å². The van der Waals surface area contributed by atoms with Gasteiger partial charge in [-0.05, 0) is 26.2 Å². The molecule has 1 aliphatic carbocycles. The molecule has 1 heterocycles. The van der Waals surface area contributed by atoms with Crippen molar-refractivity contribution in [1.29, 1.82) is 0 Å². The van der Waals surface area contributed by atoms with Gasteiger partial charge in [0, 0.05) is 17.1 Å². The summed E-state index contributed by atoms with van der Waals surface area (Å²) in [6.07, 6.45) is 3.94. The van der Waals surface area contributed by atoms with E-state index in [1.54, 1.807) is 0 Å². The van der Waals surface area contributed by atoms with E-state index in [1.807, 2.05) is 18.4 Å². The number of aromatic nitrogens is 1. The van der Waals surface area contributed by atoms with Crippen LogP contribution in [0.4, 0.5) is 0 Å². The number of thiazole rings is 1. The van der Waals surface area contributed by atoms with Gasteiger partial charge in [-0.3, -0.25) is 4.79 Å². The molecule has 0 atom stereocenters. The maximum Gasteiger partial charge on any atom is 0.307 e. The summed E-state index contributed by atoms with van der Waals surface area (Å²) in [6, 6.07) is 0. The molecule has 1 aliphatic rings. The van der Waals surface area contributed by atoms with Crippen LogP contribution < -0.4 is 4.87 Å². The van der Waals surface area contributed by atoms with Crippen LogP contribution in [-0.4, -0.2) is 4.57 Å². The molecular formula is C10H15NOS. The molecule has 0 amide bonds. The molecule has 0 aromatic carbocycles. The topological polar surface area (TPSA) is 22.0 Å². The number of aryl methyl sites for hydroxylation is 1. The molecule has 0 spiro atoms. The first-order valence-corrected chi connectivity index (χ1v) is 5.67. The van der Waals surface area contributed by atoms with Crippen molar-refractivity contribution in [2.24, 2.45) is 5.92 Å². The first-order valence-electron chi connectivity index (χ1n) is 4.85. The van der Waals surface area contributed by atoms with Crippen LogP contribution in [0, 0.1) is 19.8 Å². The van der Waals surface area contributed by atoms with Gasteiger partial charge in [0.1, 0.15) is 0 Å². The standard InChI is InChI=1S/C10H15NOS/c1-7-8(2)13-10(12)11(7)6-5-9-3-4-9/h9H,3-6H2,1-2H3. The molecule has 0 saturated heterocycles. The van der Waals surface area contributed by atoms with Crippen LogP contribution in [0.1, 0.15) is 29.8 Å². The van der Waals surface area contributed by atoms with E-state index in [-0.39, 0.29) is 4.87 Å². The zero-order valence-electron chi connectivity index (χ0n) is 8.17. The Morgan fingerprint density at radius 2 is 2.15 bits per heavy atom. The van der Waals surface area contributed by atoms with Gasteiger partial charge < -0.3 is 4.57 Å². The van der Waals surface area contributed by atoms with E-state index >= 15 is 0 Å². The summed E-state index contributed by atoms with van der Waals surface area (Å²) in [5.41, 5.74) is 1.16. The van der Waals surface area contributed by atoms with E-state index in [0.717, 1.165) is 18.2 Å². The number of hydrogen-bond acceptors (Lipinski definition) is 2. The maximum atomic E-state index is 11.5. The second-order valence-corrected chi connectivity index (χ2v) is 5.06. The van der Waals surface area contributed by atoms with Crippen molar-refractivity contribution >= 4 is 11.3 Å². The van der Waals surface area contributed by atoms with Crippen molar-refractivity contribution in [2.75, 3.05) is 0 Å². The van der Waals surface area contributed by atoms with Gasteiger partial charge in [-0.1, -0.05) is 24.2 Å². The molecule has 1 aromatic heterocycles. The van der Waals surface area contributed by atoms with Crippen LogP contribution in [0.25, 0.3) is 0 Å². The monoisotopic (exact) mass is 197 g/mol. The minimum absolute atomic E-state index is 0.218. The van der Waals surface area contributed by atoms with Gasteiger partial charge in [-0.25, -0.2) is 0 Å². The predicted molar refractivity (Wildman–Crippen MR) is 55.4 cm³/mol. The molecule has 0 unspecified atom stereocenters. The molecule has 1 fully saturated rings. The summed E-state index contributed by atoms with van der Waals surface area (Å²) in [5.74, 6) is 0.909. The lowest BCUT2D eigenvalue weighted by Crippen LogP contribution is -2.14. The Kier molecular flexibility index (Phi) is 2.28. The van der Waals surface area contributed by atoms with Gasteiger partial charge in [0.15, 0.2) is 0 Å².